The van der Waals surface area contributed by atoms with Crippen LogP contribution in [0.3, 0.4) is 0 Å². The van der Waals surface area contributed by atoms with Crippen LogP contribution < -0.4 is 4.74 Å². The Bertz CT molecular complexity index is 492. The van der Waals surface area contributed by atoms with Crippen LogP contribution in [0, 0.1) is 6.92 Å². The van der Waals surface area contributed by atoms with Crippen molar-refractivity contribution in [2.45, 2.75) is 13.5 Å². The topological polar surface area (TPSA) is 44.1 Å². The van der Waals surface area contributed by atoms with Gasteiger partial charge in [0.05, 0.1) is 18.4 Å². The molecule has 1 heterocycles. The molecular weight excluding hydrogens is 216 g/mol. The minimum Gasteiger partial charge on any atom is -0.491 e. The number of aryl methyl sites for hydroxylation is 1. The van der Waals surface area contributed by atoms with Crippen molar-refractivity contribution < 1.29 is 9.53 Å². The number of carbonyl (C=O) groups is 1. The molecule has 0 radical (unpaired) electrons. The lowest BCUT2D eigenvalue weighted by Gasteiger charge is -2.09. The van der Waals surface area contributed by atoms with Crippen LogP contribution >= 0.6 is 0 Å². The van der Waals surface area contributed by atoms with E-state index < -0.39 is 0 Å². The standard InChI is InChI=1S/C13H14N2O2/c1-11-2-3-13(12(8-11)9-16)17-7-6-15-5-4-14-10-15/h2-5,8-10H,6-7H2,1H3. The number of imidazole rings is 1. The molecule has 2 aromatic rings. The normalized spacial score (nSPS) is 10.2. The maximum Gasteiger partial charge on any atom is 0.153 e. The van der Waals surface area contributed by atoms with Crippen LogP contribution in [-0.4, -0.2) is 22.4 Å². The summed E-state index contributed by atoms with van der Waals surface area (Å²) in [5.74, 6) is 0.630. The molecule has 2 rings (SSSR count). The van der Waals surface area contributed by atoms with Crippen LogP contribution in [0.1, 0.15) is 15.9 Å². The fourth-order valence-electron chi connectivity index (χ4n) is 1.57. The van der Waals surface area contributed by atoms with Gasteiger partial charge in [-0.05, 0) is 19.1 Å². The predicted molar refractivity (Wildman–Crippen MR) is 64.3 cm³/mol. The smallest absolute Gasteiger partial charge is 0.153 e. The van der Waals surface area contributed by atoms with Crippen LogP contribution in [0.25, 0.3) is 0 Å². The second kappa shape index (κ2) is 5.30. The second-order valence-electron chi connectivity index (χ2n) is 3.81. The monoisotopic (exact) mass is 230 g/mol. The summed E-state index contributed by atoms with van der Waals surface area (Å²) >= 11 is 0. The van der Waals surface area contributed by atoms with Crippen molar-refractivity contribution in [3.63, 3.8) is 0 Å². The van der Waals surface area contributed by atoms with Gasteiger partial charge in [-0.3, -0.25) is 4.79 Å². The summed E-state index contributed by atoms with van der Waals surface area (Å²) in [6.07, 6.45) is 6.15. The van der Waals surface area contributed by atoms with Gasteiger partial charge in [0, 0.05) is 12.4 Å². The van der Waals surface area contributed by atoms with Crippen molar-refractivity contribution in [2.24, 2.45) is 0 Å². The average molecular weight is 230 g/mol. The van der Waals surface area contributed by atoms with Gasteiger partial charge in [-0.15, -0.1) is 0 Å². The fraction of sp³-hybridized carbons (Fsp3) is 0.231. The van der Waals surface area contributed by atoms with E-state index in [0.29, 0.717) is 24.5 Å². The molecule has 0 saturated heterocycles. The third-order valence-electron chi connectivity index (χ3n) is 2.46. The lowest BCUT2D eigenvalue weighted by atomic mass is 10.1. The molecule has 0 spiro atoms. The molecule has 0 aliphatic carbocycles. The molecule has 0 atom stereocenters. The summed E-state index contributed by atoms with van der Waals surface area (Å²) in [4.78, 5) is 14.8. The highest BCUT2D eigenvalue weighted by molar-refractivity contribution is 5.79. The van der Waals surface area contributed by atoms with Gasteiger partial charge < -0.3 is 9.30 Å². The van der Waals surface area contributed by atoms with Crippen molar-refractivity contribution in [3.05, 3.63) is 48.0 Å². The zero-order valence-corrected chi connectivity index (χ0v) is 9.67. The number of ether oxygens (including phenoxy) is 1. The fourth-order valence-corrected chi connectivity index (χ4v) is 1.57. The number of aromatic nitrogens is 2. The van der Waals surface area contributed by atoms with Gasteiger partial charge in [-0.1, -0.05) is 11.6 Å². The Morgan fingerprint density at radius 2 is 2.35 bits per heavy atom. The number of carbonyl (C=O) groups excluding carboxylic acids is 1. The number of aldehydes is 1. The van der Waals surface area contributed by atoms with Crippen LogP contribution in [0.4, 0.5) is 0 Å². The zero-order valence-electron chi connectivity index (χ0n) is 9.67. The number of hydrogen-bond acceptors (Lipinski definition) is 3. The van der Waals surface area contributed by atoms with E-state index in [1.54, 1.807) is 12.5 Å². The van der Waals surface area contributed by atoms with Gasteiger partial charge in [0.1, 0.15) is 12.4 Å². The van der Waals surface area contributed by atoms with E-state index in [9.17, 15) is 4.79 Å². The number of rotatable bonds is 5. The van der Waals surface area contributed by atoms with Crippen molar-refractivity contribution in [2.75, 3.05) is 6.61 Å². The molecule has 0 aliphatic rings. The third kappa shape index (κ3) is 2.93. The molecule has 4 nitrogen and oxygen atoms in total. The van der Waals surface area contributed by atoms with E-state index in [-0.39, 0.29) is 0 Å². The van der Waals surface area contributed by atoms with Crippen molar-refractivity contribution in [1.82, 2.24) is 9.55 Å². The largest absolute Gasteiger partial charge is 0.491 e. The van der Waals surface area contributed by atoms with Gasteiger partial charge in [0.15, 0.2) is 6.29 Å². The number of hydrogen-bond donors (Lipinski definition) is 0. The molecule has 88 valence electrons. The Balaban J connectivity index is 1.96. The maximum atomic E-state index is 10.9. The van der Waals surface area contributed by atoms with E-state index in [4.69, 9.17) is 4.74 Å². The van der Waals surface area contributed by atoms with Gasteiger partial charge in [-0.25, -0.2) is 4.98 Å². The van der Waals surface area contributed by atoms with E-state index >= 15 is 0 Å². The number of benzene rings is 1. The van der Waals surface area contributed by atoms with Gasteiger partial charge in [0.2, 0.25) is 0 Å². The lowest BCUT2D eigenvalue weighted by molar-refractivity contribution is 0.111. The van der Waals surface area contributed by atoms with Crippen molar-refractivity contribution in [1.29, 1.82) is 0 Å². The first kappa shape index (κ1) is 11.4. The quantitative estimate of drug-likeness (QED) is 0.739. The highest BCUT2D eigenvalue weighted by Crippen LogP contribution is 2.17. The minimum absolute atomic E-state index is 0.514. The van der Waals surface area contributed by atoms with E-state index in [2.05, 4.69) is 4.98 Å². The van der Waals surface area contributed by atoms with Gasteiger partial charge in [0.25, 0.3) is 0 Å². The van der Waals surface area contributed by atoms with Crippen molar-refractivity contribution >= 4 is 6.29 Å². The van der Waals surface area contributed by atoms with E-state index in [1.807, 2.05) is 35.9 Å². The first-order valence-electron chi connectivity index (χ1n) is 5.44. The Morgan fingerprint density at radius 1 is 1.47 bits per heavy atom. The molecule has 17 heavy (non-hydrogen) atoms. The predicted octanol–water partition coefficient (Wildman–Crippen LogP) is 2.08. The molecule has 1 aromatic carbocycles. The molecular formula is C13H14N2O2. The second-order valence-corrected chi connectivity index (χ2v) is 3.81. The molecule has 4 heteroatoms. The van der Waals surface area contributed by atoms with E-state index in [0.717, 1.165) is 11.8 Å². The summed E-state index contributed by atoms with van der Waals surface area (Å²) in [7, 11) is 0. The van der Waals surface area contributed by atoms with Crippen LogP contribution in [0.5, 0.6) is 5.75 Å². The molecule has 0 unspecified atom stereocenters. The van der Waals surface area contributed by atoms with Crippen LogP contribution in [0.15, 0.2) is 36.9 Å². The Hall–Kier alpha value is -2.10. The molecule has 0 amide bonds. The first-order valence-corrected chi connectivity index (χ1v) is 5.44. The van der Waals surface area contributed by atoms with Crippen molar-refractivity contribution in [3.8, 4) is 5.75 Å². The molecule has 0 bridgehead atoms. The van der Waals surface area contributed by atoms with Crippen LogP contribution in [0.2, 0.25) is 0 Å². The third-order valence-corrected chi connectivity index (χ3v) is 2.46. The molecule has 0 aliphatic heterocycles. The zero-order chi connectivity index (χ0) is 12.1. The summed E-state index contributed by atoms with van der Waals surface area (Å²) in [6, 6.07) is 5.58. The highest BCUT2D eigenvalue weighted by atomic mass is 16.5. The molecule has 0 fully saturated rings. The maximum absolute atomic E-state index is 10.9. The minimum atomic E-state index is 0.514. The summed E-state index contributed by atoms with van der Waals surface area (Å²) in [5, 5.41) is 0. The van der Waals surface area contributed by atoms with E-state index in [1.165, 1.54) is 0 Å². The molecule has 1 aromatic heterocycles. The summed E-state index contributed by atoms with van der Waals surface area (Å²) in [5.41, 5.74) is 1.64. The summed E-state index contributed by atoms with van der Waals surface area (Å²) in [6.45, 7) is 3.18. The van der Waals surface area contributed by atoms with Crippen LogP contribution in [-0.2, 0) is 6.54 Å². The van der Waals surface area contributed by atoms with Gasteiger partial charge in [-0.2, -0.15) is 0 Å². The first-order chi connectivity index (χ1) is 8.29. The summed E-state index contributed by atoms with van der Waals surface area (Å²) < 4.78 is 7.50. The SMILES string of the molecule is Cc1ccc(OCCn2ccnc2)c(C=O)c1. The molecule has 0 saturated carbocycles. The number of nitrogens with zero attached hydrogens (tertiary/aromatic N) is 2. The Labute approximate surface area is 99.9 Å². The average Bonchev–Trinajstić information content (AvgIpc) is 2.84. The Morgan fingerprint density at radius 3 is 3.06 bits per heavy atom. The molecule has 0 N–H and O–H groups in total. The van der Waals surface area contributed by atoms with Gasteiger partial charge >= 0.3 is 0 Å². The Kier molecular flexibility index (Phi) is 3.55. The highest BCUT2D eigenvalue weighted by Gasteiger charge is 2.02. The lowest BCUT2D eigenvalue weighted by Crippen LogP contribution is -2.07.